The van der Waals surface area contributed by atoms with E-state index in [1.54, 1.807) is 12.4 Å². The summed E-state index contributed by atoms with van der Waals surface area (Å²) in [7, 11) is 0. The van der Waals surface area contributed by atoms with Crippen molar-refractivity contribution >= 4 is 22.6 Å². The van der Waals surface area contributed by atoms with Crippen molar-refractivity contribution < 1.29 is 4.79 Å². The van der Waals surface area contributed by atoms with Crippen LogP contribution in [0.5, 0.6) is 0 Å². The summed E-state index contributed by atoms with van der Waals surface area (Å²) in [6.07, 6.45) is 13.0. The first-order chi connectivity index (χ1) is 10.8. The zero-order chi connectivity index (χ0) is 15.2. The fourth-order valence-corrected chi connectivity index (χ4v) is 3.29. The van der Waals surface area contributed by atoms with Gasteiger partial charge in [0.1, 0.15) is 0 Å². The highest BCUT2D eigenvalue weighted by Crippen LogP contribution is 2.27. The van der Waals surface area contributed by atoms with Gasteiger partial charge in [0.05, 0.1) is 11.0 Å². The molecule has 1 N–H and O–H groups in total. The molecular weight excluding hydrogens is 274 g/mol. The summed E-state index contributed by atoms with van der Waals surface area (Å²) in [5, 5.41) is 2.97. The summed E-state index contributed by atoms with van der Waals surface area (Å²) in [4.78, 5) is 20.5. The number of carbonyl (C=O) groups is 1. The summed E-state index contributed by atoms with van der Waals surface area (Å²) in [6.45, 7) is 0. The van der Waals surface area contributed by atoms with Crippen molar-refractivity contribution in [3.63, 3.8) is 0 Å². The molecule has 1 fully saturated rings. The molecule has 1 saturated carbocycles. The number of amides is 1. The van der Waals surface area contributed by atoms with E-state index in [-0.39, 0.29) is 5.91 Å². The molecule has 0 radical (unpaired) electrons. The molecule has 116 valence electrons. The monoisotopic (exact) mass is 297 g/mol. The van der Waals surface area contributed by atoms with E-state index in [2.05, 4.69) is 15.3 Å². The van der Waals surface area contributed by atoms with Gasteiger partial charge < -0.3 is 5.32 Å². The molecule has 0 spiro atoms. The number of carbonyl (C=O) groups excluding carboxylic acids is 1. The highest BCUT2D eigenvalue weighted by atomic mass is 16.1. The predicted octanol–water partition coefficient (Wildman–Crippen LogP) is 4.32. The van der Waals surface area contributed by atoms with Crippen molar-refractivity contribution in [1.82, 2.24) is 9.97 Å². The number of nitrogens with zero attached hydrogens (tertiary/aromatic N) is 2. The summed E-state index contributed by atoms with van der Waals surface area (Å²) < 4.78 is 0. The van der Waals surface area contributed by atoms with Crippen LogP contribution < -0.4 is 5.32 Å². The maximum absolute atomic E-state index is 12.0. The molecule has 1 heterocycles. The second-order valence-electron chi connectivity index (χ2n) is 6.20. The van der Waals surface area contributed by atoms with Crippen LogP contribution in [0.3, 0.4) is 0 Å². The minimum Gasteiger partial charge on any atom is -0.326 e. The smallest absolute Gasteiger partial charge is 0.224 e. The number of fused-ring (bicyclic) bond motifs is 1. The van der Waals surface area contributed by atoms with Gasteiger partial charge in [-0.2, -0.15) is 0 Å². The van der Waals surface area contributed by atoms with Gasteiger partial charge in [-0.25, -0.2) is 0 Å². The molecular formula is C18H23N3O. The molecule has 1 aromatic carbocycles. The zero-order valence-electron chi connectivity index (χ0n) is 12.9. The maximum atomic E-state index is 12.0. The topological polar surface area (TPSA) is 54.9 Å². The maximum Gasteiger partial charge on any atom is 0.224 e. The number of anilines is 1. The Morgan fingerprint density at radius 1 is 1.09 bits per heavy atom. The predicted molar refractivity (Wildman–Crippen MR) is 88.6 cm³/mol. The van der Waals surface area contributed by atoms with E-state index in [0.29, 0.717) is 6.42 Å². The van der Waals surface area contributed by atoms with Crippen molar-refractivity contribution in [3.8, 4) is 0 Å². The van der Waals surface area contributed by atoms with Gasteiger partial charge in [0, 0.05) is 24.5 Å². The normalized spacial score (nSPS) is 15.8. The SMILES string of the molecule is O=C(CCCC1CCCCC1)Nc1ccc2nccnc2c1. The minimum absolute atomic E-state index is 0.0963. The van der Waals surface area contributed by atoms with Crippen molar-refractivity contribution in [1.29, 1.82) is 0 Å². The molecule has 2 aromatic rings. The highest BCUT2D eigenvalue weighted by molar-refractivity contribution is 5.92. The molecule has 0 saturated heterocycles. The lowest BCUT2D eigenvalue weighted by Crippen LogP contribution is -2.12. The van der Waals surface area contributed by atoms with Gasteiger partial charge in [-0.1, -0.05) is 32.1 Å². The van der Waals surface area contributed by atoms with E-state index in [0.717, 1.165) is 29.1 Å². The lowest BCUT2D eigenvalue weighted by Gasteiger charge is -2.21. The van der Waals surface area contributed by atoms with E-state index >= 15 is 0 Å². The summed E-state index contributed by atoms with van der Waals surface area (Å²) >= 11 is 0. The molecule has 0 aliphatic heterocycles. The fourth-order valence-electron chi connectivity index (χ4n) is 3.29. The van der Waals surface area contributed by atoms with Crippen LogP contribution >= 0.6 is 0 Å². The van der Waals surface area contributed by atoms with Crippen LogP contribution in [0.2, 0.25) is 0 Å². The van der Waals surface area contributed by atoms with Gasteiger partial charge in [0.25, 0.3) is 0 Å². The molecule has 0 atom stereocenters. The molecule has 1 aliphatic carbocycles. The third-order valence-electron chi connectivity index (χ3n) is 4.49. The Kier molecular flexibility index (Phi) is 4.99. The van der Waals surface area contributed by atoms with Gasteiger partial charge in [0.2, 0.25) is 5.91 Å². The Balaban J connectivity index is 1.47. The third kappa shape index (κ3) is 4.03. The lowest BCUT2D eigenvalue weighted by atomic mass is 9.86. The van der Waals surface area contributed by atoms with Crippen LogP contribution in [0.15, 0.2) is 30.6 Å². The van der Waals surface area contributed by atoms with Gasteiger partial charge >= 0.3 is 0 Å². The molecule has 4 heteroatoms. The molecule has 1 aliphatic rings. The Hall–Kier alpha value is -1.97. The molecule has 0 bridgehead atoms. The van der Waals surface area contributed by atoms with Crippen LogP contribution in [-0.4, -0.2) is 15.9 Å². The Labute approximate surface area is 131 Å². The first-order valence-electron chi connectivity index (χ1n) is 8.32. The van der Waals surface area contributed by atoms with E-state index in [4.69, 9.17) is 0 Å². The van der Waals surface area contributed by atoms with E-state index in [1.807, 2.05) is 18.2 Å². The fraction of sp³-hybridized carbons (Fsp3) is 0.500. The van der Waals surface area contributed by atoms with Crippen LogP contribution in [0.4, 0.5) is 5.69 Å². The lowest BCUT2D eigenvalue weighted by molar-refractivity contribution is -0.116. The van der Waals surface area contributed by atoms with Crippen molar-refractivity contribution in [2.24, 2.45) is 5.92 Å². The van der Waals surface area contributed by atoms with E-state index in [1.165, 1.54) is 38.5 Å². The standard InChI is InChI=1S/C18H23N3O/c22-18(8-4-7-14-5-2-1-3-6-14)21-15-9-10-16-17(13-15)20-12-11-19-16/h9-14H,1-8H2,(H,21,22). The number of nitrogens with one attached hydrogen (secondary N) is 1. The Bertz CT molecular complexity index is 635. The number of hydrogen-bond donors (Lipinski definition) is 1. The number of benzene rings is 1. The van der Waals surface area contributed by atoms with Crippen LogP contribution in [0.25, 0.3) is 11.0 Å². The van der Waals surface area contributed by atoms with Gasteiger partial charge in [-0.05, 0) is 37.0 Å². The number of hydrogen-bond acceptors (Lipinski definition) is 3. The van der Waals surface area contributed by atoms with E-state index < -0.39 is 0 Å². The first kappa shape index (κ1) is 14.9. The molecule has 22 heavy (non-hydrogen) atoms. The van der Waals surface area contributed by atoms with Crippen LogP contribution in [-0.2, 0) is 4.79 Å². The van der Waals surface area contributed by atoms with E-state index in [9.17, 15) is 4.79 Å². The minimum atomic E-state index is 0.0963. The Morgan fingerprint density at radius 2 is 1.86 bits per heavy atom. The third-order valence-corrected chi connectivity index (χ3v) is 4.49. The molecule has 1 amide bonds. The zero-order valence-corrected chi connectivity index (χ0v) is 12.9. The van der Waals surface area contributed by atoms with Gasteiger partial charge in [0.15, 0.2) is 0 Å². The van der Waals surface area contributed by atoms with Crippen LogP contribution in [0.1, 0.15) is 51.4 Å². The largest absolute Gasteiger partial charge is 0.326 e. The summed E-state index contributed by atoms with van der Waals surface area (Å²) in [6, 6.07) is 5.65. The average Bonchev–Trinajstić information content (AvgIpc) is 2.56. The second kappa shape index (κ2) is 7.34. The quantitative estimate of drug-likeness (QED) is 0.894. The Morgan fingerprint density at radius 3 is 2.68 bits per heavy atom. The highest BCUT2D eigenvalue weighted by Gasteiger charge is 2.13. The van der Waals surface area contributed by atoms with Crippen molar-refractivity contribution in [2.45, 2.75) is 51.4 Å². The average molecular weight is 297 g/mol. The van der Waals surface area contributed by atoms with Crippen molar-refractivity contribution in [2.75, 3.05) is 5.32 Å². The number of rotatable bonds is 5. The van der Waals surface area contributed by atoms with Gasteiger partial charge in [-0.15, -0.1) is 0 Å². The second-order valence-corrected chi connectivity index (χ2v) is 6.20. The summed E-state index contributed by atoms with van der Waals surface area (Å²) in [5.74, 6) is 0.941. The molecule has 3 rings (SSSR count). The van der Waals surface area contributed by atoms with Gasteiger partial charge in [-0.3, -0.25) is 14.8 Å². The molecule has 4 nitrogen and oxygen atoms in total. The van der Waals surface area contributed by atoms with Crippen molar-refractivity contribution in [3.05, 3.63) is 30.6 Å². The van der Waals surface area contributed by atoms with Crippen LogP contribution in [0, 0.1) is 5.92 Å². The molecule has 0 unspecified atom stereocenters. The summed E-state index contributed by atoms with van der Waals surface area (Å²) in [5.41, 5.74) is 2.45. The number of aromatic nitrogens is 2. The first-order valence-corrected chi connectivity index (χ1v) is 8.32. The molecule has 1 aromatic heterocycles.